The number of benzene rings is 2. The summed E-state index contributed by atoms with van der Waals surface area (Å²) in [7, 11) is 0. The smallest absolute Gasteiger partial charge is 0.326 e. The SMILES string of the molecule is CC(=O)c1cccc(NC(=O)C(C)OC(=O)CNC(=O)c2sc3ccccc3c2Cl)c1. The van der Waals surface area contributed by atoms with Gasteiger partial charge < -0.3 is 15.4 Å². The zero-order valence-corrected chi connectivity index (χ0v) is 18.3. The molecule has 3 rings (SSSR count). The molecule has 2 amide bonds. The first-order valence-electron chi connectivity index (χ1n) is 9.33. The molecule has 0 fully saturated rings. The van der Waals surface area contributed by atoms with Crippen LogP contribution in [-0.4, -0.2) is 36.2 Å². The molecule has 2 aromatic carbocycles. The highest BCUT2D eigenvalue weighted by Gasteiger charge is 2.21. The average molecular weight is 459 g/mol. The van der Waals surface area contributed by atoms with Crippen LogP contribution in [0.3, 0.4) is 0 Å². The predicted octanol–water partition coefficient (Wildman–Crippen LogP) is 4.06. The summed E-state index contributed by atoms with van der Waals surface area (Å²) in [5.74, 6) is -1.97. The fraction of sp³-hybridized carbons (Fsp3) is 0.182. The summed E-state index contributed by atoms with van der Waals surface area (Å²) in [5, 5.41) is 6.13. The van der Waals surface area contributed by atoms with E-state index in [-0.39, 0.29) is 5.78 Å². The standard InChI is InChI=1S/C22H19ClN2O5S/c1-12(26)14-6-5-7-15(10-14)25-21(28)13(2)30-18(27)11-24-22(29)20-19(23)16-8-3-4-9-17(16)31-20/h3-10,13H,11H2,1-2H3,(H,24,29)(H,25,28). The Morgan fingerprint density at radius 3 is 2.55 bits per heavy atom. The van der Waals surface area contributed by atoms with E-state index in [2.05, 4.69) is 10.6 Å². The van der Waals surface area contributed by atoms with Crippen LogP contribution < -0.4 is 10.6 Å². The summed E-state index contributed by atoms with van der Waals surface area (Å²) in [6.07, 6.45) is -1.10. The van der Waals surface area contributed by atoms with Crippen LogP contribution >= 0.6 is 22.9 Å². The van der Waals surface area contributed by atoms with Crippen molar-refractivity contribution in [2.45, 2.75) is 20.0 Å². The summed E-state index contributed by atoms with van der Waals surface area (Å²) < 4.78 is 5.94. The van der Waals surface area contributed by atoms with E-state index in [1.807, 2.05) is 24.3 Å². The van der Waals surface area contributed by atoms with Gasteiger partial charge in [0, 0.05) is 21.3 Å². The van der Waals surface area contributed by atoms with Crippen LogP contribution in [0.2, 0.25) is 5.02 Å². The lowest BCUT2D eigenvalue weighted by molar-refractivity contribution is -0.152. The highest BCUT2D eigenvalue weighted by atomic mass is 35.5. The van der Waals surface area contributed by atoms with E-state index in [1.54, 1.807) is 18.2 Å². The van der Waals surface area contributed by atoms with Gasteiger partial charge >= 0.3 is 5.97 Å². The van der Waals surface area contributed by atoms with Gasteiger partial charge in [0.1, 0.15) is 11.4 Å². The normalized spacial score (nSPS) is 11.6. The highest BCUT2D eigenvalue weighted by molar-refractivity contribution is 7.21. The Kier molecular flexibility index (Phi) is 7.04. The topological polar surface area (TPSA) is 102 Å². The lowest BCUT2D eigenvalue weighted by Crippen LogP contribution is -2.35. The Hall–Kier alpha value is -3.23. The van der Waals surface area contributed by atoms with Crippen molar-refractivity contribution in [3.05, 3.63) is 64.0 Å². The van der Waals surface area contributed by atoms with Gasteiger partial charge in [-0.3, -0.25) is 19.2 Å². The monoisotopic (exact) mass is 458 g/mol. The molecule has 160 valence electrons. The highest BCUT2D eigenvalue weighted by Crippen LogP contribution is 2.34. The number of ketones is 1. The number of fused-ring (bicyclic) bond motifs is 1. The maximum Gasteiger partial charge on any atom is 0.326 e. The molecule has 3 aromatic rings. The molecule has 1 heterocycles. The molecule has 1 unspecified atom stereocenters. The molecule has 2 N–H and O–H groups in total. The number of anilines is 1. The average Bonchev–Trinajstić information content (AvgIpc) is 3.09. The third kappa shape index (κ3) is 5.48. The number of nitrogens with one attached hydrogen (secondary N) is 2. The quantitative estimate of drug-likeness (QED) is 0.410. The Labute approximate surface area is 187 Å². The Bertz CT molecular complexity index is 1170. The number of carbonyl (C=O) groups excluding carboxylic acids is 4. The molecule has 31 heavy (non-hydrogen) atoms. The minimum absolute atomic E-state index is 0.134. The Morgan fingerprint density at radius 2 is 1.84 bits per heavy atom. The van der Waals surface area contributed by atoms with Crippen molar-refractivity contribution in [2.24, 2.45) is 0 Å². The number of Topliss-reactive ketones (excluding diaryl/α,β-unsaturated/α-hetero) is 1. The number of hydrogen-bond acceptors (Lipinski definition) is 6. The maximum absolute atomic E-state index is 12.4. The van der Waals surface area contributed by atoms with E-state index < -0.39 is 30.4 Å². The number of thiophene rings is 1. The Balaban J connectivity index is 1.53. The van der Waals surface area contributed by atoms with Gasteiger partial charge in [0.25, 0.3) is 11.8 Å². The number of hydrogen-bond donors (Lipinski definition) is 2. The molecule has 9 heteroatoms. The minimum atomic E-state index is -1.10. The molecule has 0 radical (unpaired) electrons. The van der Waals surface area contributed by atoms with E-state index in [0.29, 0.717) is 21.2 Å². The molecule has 0 bridgehead atoms. The first kappa shape index (κ1) is 22.5. The van der Waals surface area contributed by atoms with Crippen molar-refractivity contribution < 1.29 is 23.9 Å². The van der Waals surface area contributed by atoms with Gasteiger partial charge in [0.15, 0.2) is 11.9 Å². The van der Waals surface area contributed by atoms with Crippen LogP contribution in [0.4, 0.5) is 5.69 Å². The zero-order chi connectivity index (χ0) is 22.5. The molecule has 0 saturated heterocycles. The van der Waals surface area contributed by atoms with Crippen LogP contribution in [0, 0.1) is 0 Å². The summed E-state index contributed by atoms with van der Waals surface area (Å²) in [4.78, 5) is 48.4. The lowest BCUT2D eigenvalue weighted by atomic mass is 10.1. The van der Waals surface area contributed by atoms with Crippen LogP contribution in [0.25, 0.3) is 10.1 Å². The van der Waals surface area contributed by atoms with Crippen LogP contribution in [0.15, 0.2) is 48.5 Å². The van der Waals surface area contributed by atoms with Gasteiger partial charge in [0.05, 0.1) is 5.02 Å². The molecule has 0 aliphatic rings. The van der Waals surface area contributed by atoms with Crippen molar-refractivity contribution in [1.82, 2.24) is 5.32 Å². The predicted molar refractivity (Wildman–Crippen MR) is 120 cm³/mol. The third-order valence-corrected chi connectivity index (χ3v) is 6.02. The number of amides is 2. The number of carbonyl (C=O) groups is 4. The molecule has 1 aromatic heterocycles. The molecule has 0 aliphatic heterocycles. The zero-order valence-electron chi connectivity index (χ0n) is 16.7. The summed E-state index contributed by atoms with van der Waals surface area (Å²) in [5.41, 5.74) is 0.860. The molecular formula is C22H19ClN2O5S. The second-order valence-electron chi connectivity index (χ2n) is 6.68. The van der Waals surface area contributed by atoms with Gasteiger partial charge in [0.2, 0.25) is 0 Å². The van der Waals surface area contributed by atoms with E-state index in [1.165, 1.54) is 31.3 Å². The van der Waals surface area contributed by atoms with Crippen molar-refractivity contribution in [1.29, 1.82) is 0 Å². The van der Waals surface area contributed by atoms with Gasteiger partial charge in [-0.25, -0.2) is 0 Å². The van der Waals surface area contributed by atoms with Crippen molar-refractivity contribution in [3.63, 3.8) is 0 Å². The van der Waals surface area contributed by atoms with Gasteiger partial charge in [-0.05, 0) is 32.0 Å². The lowest BCUT2D eigenvalue weighted by Gasteiger charge is -2.14. The maximum atomic E-state index is 12.4. The van der Waals surface area contributed by atoms with Gasteiger partial charge in [-0.15, -0.1) is 11.3 Å². The summed E-state index contributed by atoms with van der Waals surface area (Å²) in [6, 6.07) is 13.7. The fourth-order valence-corrected chi connectivity index (χ4v) is 4.18. The van der Waals surface area contributed by atoms with Gasteiger partial charge in [-0.1, -0.05) is 41.9 Å². The van der Waals surface area contributed by atoms with E-state index >= 15 is 0 Å². The van der Waals surface area contributed by atoms with Crippen molar-refractivity contribution in [3.8, 4) is 0 Å². The van der Waals surface area contributed by atoms with E-state index in [4.69, 9.17) is 16.3 Å². The fourth-order valence-electron chi connectivity index (χ4n) is 2.74. The minimum Gasteiger partial charge on any atom is -0.451 e. The first-order chi connectivity index (χ1) is 14.8. The Morgan fingerprint density at radius 1 is 1.10 bits per heavy atom. The van der Waals surface area contributed by atoms with Crippen molar-refractivity contribution in [2.75, 3.05) is 11.9 Å². The first-order valence-corrected chi connectivity index (χ1v) is 10.5. The van der Waals surface area contributed by atoms with Crippen LogP contribution in [0.1, 0.15) is 33.9 Å². The number of halogens is 1. The van der Waals surface area contributed by atoms with Crippen LogP contribution in [-0.2, 0) is 14.3 Å². The second kappa shape index (κ2) is 9.72. The number of esters is 1. The summed E-state index contributed by atoms with van der Waals surface area (Å²) >= 11 is 7.48. The van der Waals surface area contributed by atoms with Gasteiger partial charge in [-0.2, -0.15) is 0 Å². The number of ether oxygens (including phenoxy) is 1. The van der Waals surface area contributed by atoms with E-state index in [0.717, 1.165) is 10.1 Å². The number of rotatable bonds is 7. The van der Waals surface area contributed by atoms with E-state index in [9.17, 15) is 19.2 Å². The second-order valence-corrected chi connectivity index (χ2v) is 8.11. The van der Waals surface area contributed by atoms with Crippen LogP contribution in [0.5, 0.6) is 0 Å². The molecule has 7 nitrogen and oxygen atoms in total. The molecular weight excluding hydrogens is 440 g/mol. The summed E-state index contributed by atoms with van der Waals surface area (Å²) in [6.45, 7) is 2.42. The largest absolute Gasteiger partial charge is 0.451 e. The molecule has 0 aliphatic carbocycles. The van der Waals surface area contributed by atoms with Crippen molar-refractivity contribution >= 4 is 62.3 Å². The molecule has 0 saturated carbocycles. The molecule has 0 spiro atoms. The molecule has 1 atom stereocenters. The third-order valence-electron chi connectivity index (χ3n) is 4.35.